The number of aryl methyl sites for hydroxylation is 2. The van der Waals surface area contributed by atoms with Crippen LogP contribution in [0.25, 0.3) is 11.0 Å². The molecule has 1 saturated heterocycles. The molecule has 1 aliphatic rings. The maximum Gasteiger partial charge on any atom is 0.126 e. The Morgan fingerprint density at radius 1 is 1.27 bits per heavy atom. The molecule has 6 nitrogen and oxygen atoms in total. The lowest BCUT2D eigenvalue weighted by molar-refractivity contribution is 0.0516. The van der Waals surface area contributed by atoms with Crippen LogP contribution >= 0.6 is 0 Å². The van der Waals surface area contributed by atoms with Gasteiger partial charge in [-0.3, -0.25) is 0 Å². The van der Waals surface area contributed by atoms with Crippen molar-refractivity contribution in [2.24, 2.45) is 13.0 Å². The molecule has 0 amide bonds. The number of benzene rings is 1. The number of nitrogens with one attached hydrogen (secondary N) is 1. The van der Waals surface area contributed by atoms with Crippen molar-refractivity contribution >= 4 is 11.0 Å². The van der Waals surface area contributed by atoms with Gasteiger partial charge in [-0.05, 0) is 37.8 Å². The van der Waals surface area contributed by atoms with Crippen molar-refractivity contribution in [1.82, 2.24) is 24.4 Å². The van der Waals surface area contributed by atoms with Gasteiger partial charge in [0, 0.05) is 39.2 Å². The summed E-state index contributed by atoms with van der Waals surface area (Å²) < 4.78 is 9.99. The predicted molar refractivity (Wildman–Crippen MR) is 102 cm³/mol. The molecule has 0 radical (unpaired) electrons. The number of rotatable bonds is 6. The third kappa shape index (κ3) is 3.27. The highest BCUT2D eigenvalue weighted by atomic mass is 16.5. The van der Waals surface area contributed by atoms with Crippen LogP contribution < -0.4 is 5.32 Å². The first-order valence-electron chi connectivity index (χ1n) is 9.50. The summed E-state index contributed by atoms with van der Waals surface area (Å²) in [6, 6.07) is 8.50. The Morgan fingerprint density at radius 3 is 2.85 bits per heavy atom. The van der Waals surface area contributed by atoms with E-state index < -0.39 is 0 Å². The summed E-state index contributed by atoms with van der Waals surface area (Å²) in [5, 5.41) is 3.76. The van der Waals surface area contributed by atoms with E-state index >= 15 is 0 Å². The molecule has 1 aliphatic heterocycles. The first-order valence-corrected chi connectivity index (χ1v) is 9.50. The van der Waals surface area contributed by atoms with Crippen molar-refractivity contribution in [2.45, 2.75) is 38.9 Å². The molecular formula is C20H27N5O. The second-order valence-electron chi connectivity index (χ2n) is 6.96. The van der Waals surface area contributed by atoms with Gasteiger partial charge in [0.2, 0.25) is 0 Å². The Morgan fingerprint density at radius 2 is 2.08 bits per heavy atom. The number of hydrogen-bond donors (Lipinski definition) is 1. The highest BCUT2D eigenvalue weighted by molar-refractivity contribution is 5.75. The normalized spacial score (nSPS) is 17.0. The minimum absolute atomic E-state index is 0.216. The van der Waals surface area contributed by atoms with Crippen LogP contribution in [-0.4, -0.2) is 32.3 Å². The number of nitrogens with zero attached hydrogens (tertiary/aromatic N) is 4. The predicted octanol–water partition coefficient (Wildman–Crippen LogP) is 3.05. The maximum absolute atomic E-state index is 5.57. The van der Waals surface area contributed by atoms with Gasteiger partial charge >= 0.3 is 0 Å². The summed E-state index contributed by atoms with van der Waals surface area (Å²) in [5.74, 6) is 2.71. The molecule has 0 spiro atoms. The lowest BCUT2D eigenvalue weighted by Gasteiger charge is -2.31. The van der Waals surface area contributed by atoms with Gasteiger partial charge in [0.05, 0.1) is 23.6 Å². The quantitative estimate of drug-likeness (QED) is 0.740. The minimum Gasteiger partial charge on any atom is -0.381 e. The molecule has 26 heavy (non-hydrogen) atoms. The molecule has 1 N–H and O–H groups in total. The molecule has 4 rings (SSSR count). The Kier molecular flexibility index (Phi) is 5.04. The lowest BCUT2D eigenvalue weighted by Crippen LogP contribution is -2.34. The molecular weight excluding hydrogens is 326 g/mol. The van der Waals surface area contributed by atoms with Gasteiger partial charge in [0.25, 0.3) is 0 Å². The molecule has 6 heteroatoms. The maximum atomic E-state index is 5.57. The summed E-state index contributed by atoms with van der Waals surface area (Å²) in [5.41, 5.74) is 2.21. The molecule has 0 saturated carbocycles. The number of hydrogen-bond acceptors (Lipinski definition) is 4. The van der Waals surface area contributed by atoms with Crippen molar-refractivity contribution < 1.29 is 4.74 Å². The molecule has 1 unspecified atom stereocenters. The standard InChI is InChI=1S/C20H27N5O/c1-3-25-11-10-21-20(25)19(15-8-12-26-13-9-15)22-14-18-23-16-6-4-5-7-17(16)24(18)2/h4-7,10-11,15,19,22H,3,8-9,12-14H2,1-2H3. The molecule has 1 aromatic carbocycles. The van der Waals surface area contributed by atoms with Crippen molar-refractivity contribution in [3.8, 4) is 0 Å². The van der Waals surface area contributed by atoms with E-state index in [9.17, 15) is 0 Å². The summed E-state index contributed by atoms with van der Waals surface area (Å²) in [6.07, 6.45) is 6.11. The average molecular weight is 353 g/mol. The summed E-state index contributed by atoms with van der Waals surface area (Å²) in [6.45, 7) is 5.49. The fourth-order valence-corrected chi connectivity index (χ4v) is 3.94. The summed E-state index contributed by atoms with van der Waals surface area (Å²) in [7, 11) is 2.09. The zero-order chi connectivity index (χ0) is 17.9. The molecule has 138 valence electrons. The van der Waals surface area contributed by atoms with E-state index in [4.69, 9.17) is 9.72 Å². The van der Waals surface area contributed by atoms with E-state index in [0.717, 1.165) is 56.3 Å². The largest absolute Gasteiger partial charge is 0.381 e. The number of aromatic nitrogens is 4. The van der Waals surface area contributed by atoms with Crippen molar-refractivity contribution in [3.63, 3.8) is 0 Å². The van der Waals surface area contributed by atoms with Crippen LogP contribution in [0, 0.1) is 5.92 Å². The zero-order valence-electron chi connectivity index (χ0n) is 15.6. The molecule has 3 aromatic rings. The van der Waals surface area contributed by atoms with Crippen LogP contribution in [0.4, 0.5) is 0 Å². The fraction of sp³-hybridized carbons (Fsp3) is 0.500. The molecule has 0 bridgehead atoms. The van der Waals surface area contributed by atoms with Gasteiger partial charge in [-0.15, -0.1) is 0 Å². The number of ether oxygens (including phenoxy) is 1. The fourth-order valence-electron chi connectivity index (χ4n) is 3.94. The van der Waals surface area contributed by atoms with E-state index in [1.165, 1.54) is 5.52 Å². The van der Waals surface area contributed by atoms with E-state index in [-0.39, 0.29) is 6.04 Å². The number of imidazole rings is 2. The first kappa shape index (κ1) is 17.2. The van der Waals surface area contributed by atoms with Gasteiger partial charge in [-0.1, -0.05) is 12.1 Å². The van der Waals surface area contributed by atoms with Crippen molar-refractivity contribution in [3.05, 3.63) is 48.3 Å². The molecule has 0 aliphatic carbocycles. The summed E-state index contributed by atoms with van der Waals surface area (Å²) >= 11 is 0. The van der Waals surface area contributed by atoms with Gasteiger partial charge < -0.3 is 19.2 Å². The topological polar surface area (TPSA) is 56.9 Å². The monoisotopic (exact) mass is 353 g/mol. The van der Waals surface area contributed by atoms with Crippen molar-refractivity contribution in [2.75, 3.05) is 13.2 Å². The van der Waals surface area contributed by atoms with Crippen LogP contribution in [0.5, 0.6) is 0 Å². The number of para-hydroxylation sites is 2. The zero-order valence-corrected chi connectivity index (χ0v) is 15.6. The highest BCUT2D eigenvalue weighted by Gasteiger charge is 2.28. The van der Waals surface area contributed by atoms with Gasteiger partial charge in [-0.2, -0.15) is 0 Å². The van der Waals surface area contributed by atoms with E-state index in [1.807, 2.05) is 12.3 Å². The van der Waals surface area contributed by atoms with Gasteiger partial charge in [0.15, 0.2) is 0 Å². The van der Waals surface area contributed by atoms with Crippen LogP contribution in [0.2, 0.25) is 0 Å². The second-order valence-corrected chi connectivity index (χ2v) is 6.96. The Balaban J connectivity index is 1.58. The molecule has 3 heterocycles. The Bertz CT molecular complexity index is 862. The molecule has 1 fully saturated rings. The second kappa shape index (κ2) is 7.60. The van der Waals surface area contributed by atoms with Crippen molar-refractivity contribution in [1.29, 1.82) is 0 Å². The van der Waals surface area contributed by atoms with Crippen LogP contribution in [0.3, 0.4) is 0 Å². The van der Waals surface area contributed by atoms with Gasteiger partial charge in [0.1, 0.15) is 11.6 Å². The van der Waals surface area contributed by atoms with Crippen LogP contribution in [0.1, 0.15) is 37.5 Å². The Hall–Kier alpha value is -2.18. The minimum atomic E-state index is 0.216. The van der Waals surface area contributed by atoms with E-state index in [0.29, 0.717) is 5.92 Å². The molecule has 2 aromatic heterocycles. The number of fused-ring (bicyclic) bond motifs is 1. The van der Waals surface area contributed by atoms with Crippen LogP contribution in [-0.2, 0) is 24.9 Å². The Labute approximate surface area is 154 Å². The molecule has 1 atom stereocenters. The summed E-state index contributed by atoms with van der Waals surface area (Å²) in [4.78, 5) is 9.47. The van der Waals surface area contributed by atoms with E-state index in [2.05, 4.69) is 57.8 Å². The van der Waals surface area contributed by atoms with Gasteiger partial charge in [-0.25, -0.2) is 9.97 Å². The SMILES string of the molecule is CCn1ccnc1C(NCc1nc2ccccc2n1C)C1CCOCC1. The third-order valence-electron chi connectivity index (χ3n) is 5.46. The third-order valence-corrected chi connectivity index (χ3v) is 5.46. The first-order chi connectivity index (χ1) is 12.8. The average Bonchev–Trinajstić information content (AvgIpc) is 3.28. The lowest BCUT2D eigenvalue weighted by atomic mass is 9.91. The smallest absolute Gasteiger partial charge is 0.126 e. The van der Waals surface area contributed by atoms with E-state index in [1.54, 1.807) is 0 Å². The van der Waals surface area contributed by atoms with Crippen LogP contribution in [0.15, 0.2) is 36.7 Å². The highest BCUT2D eigenvalue weighted by Crippen LogP contribution is 2.30.